The summed E-state index contributed by atoms with van der Waals surface area (Å²) >= 11 is 0. The van der Waals surface area contributed by atoms with E-state index in [4.69, 9.17) is 9.84 Å². The Labute approximate surface area is 82.2 Å². The number of carboxylic acids is 1. The topological polar surface area (TPSA) is 84.9 Å². The summed E-state index contributed by atoms with van der Waals surface area (Å²) in [7, 11) is 1.37. The van der Waals surface area contributed by atoms with Crippen molar-refractivity contribution in [3.05, 3.63) is 0 Å². The van der Waals surface area contributed by atoms with Crippen LogP contribution in [0.2, 0.25) is 0 Å². The Bertz CT molecular complexity index is 206. The third-order valence-corrected chi connectivity index (χ3v) is 1.66. The molecule has 0 heterocycles. The molecule has 82 valence electrons. The highest BCUT2D eigenvalue weighted by molar-refractivity contribution is 5.80. The molecule has 0 aliphatic rings. The summed E-state index contributed by atoms with van der Waals surface area (Å²) in [6, 6.07) is -1.10. The van der Waals surface area contributed by atoms with E-state index in [1.165, 1.54) is 7.11 Å². The van der Waals surface area contributed by atoms with Gasteiger partial charge in [0.25, 0.3) is 0 Å². The summed E-state index contributed by atoms with van der Waals surface area (Å²) in [5, 5.41) is 10.9. The van der Waals surface area contributed by atoms with Crippen LogP contribution in [0.1, 0.15) is 13.8 Å². The fourth-order valence-corrected chi connectivity index (χ4v) is 0.816. The zero-order chi connectivity index (χ0) is 11.1. The number of aliphatic carboxylic acids is 1. The fourth-order valence-electron chi connectivity index (χ4n) is 0.816. The molecular formula is C8H15NO5. The van der Waals surface area contributed by atoms with Gasteiger partial charge in [0, 0.05) is 7.11 Å². The maximum atomic E-state index is 10.9. The van der Waals surface area contributed by atoms with Crippen molar-refractivity contribution in [2.75, 3.05) is 13.7 Å². The van der Waals surface area contributed by atoms with Crippen molar-refractivity contribution in [2.45, 2.75) is 26.0 Å². The van der Waals surface area contributed by atoms with E-state index in [1.54, 1.807) is 13.8 Å². The minimum Gasteiger partial charge on any atom is -0.480 e. The number of methoxy groups -OCH3 is 1. The number of amides is 1. The molecule has 1 amide bonds. The normalized spacial score (nSPS) is 14.2. The lowest BCUT2D eigenvalue weighted by molar-refractivity contribution is -0.142. The molecule has 0 aromatic heterocycles. The van der Waals surface area contributed by atoms with Crippen molar-refractivity contribution in [1.82, 2.24) is 5.32 Å². The van der Waals surface area contributed by atoms with Crippen molar-refractivity contribution in [3.8, 4) is 0 Å². The van der Waals surface area contributed by atoms with Gasteiger partial charge in [-0.25, -0.2) is 9.59 Å². The Morgan fingerprint density at radius 3 is 2.43 bits per heavy atom. The maximum absolute atomic E-state index is 10.9. The highest BCUT2D eigenvalue weighted by atomic mass is 16.5. The van der Waals surface area contributed by atoms with E-state index < -0.39 is 24.2 Å². The number of hydrogen-bond donors (Lipinski definition) is 2. The van der Waals surface area contributed by atoms with Gasteiger partial charge in [-0.1, -0.05) is 0 Å². The summed E-state index contributed by atoms with van der Waals surface area (Å²) in [5.74, 6) is -1.16. The first-order chi connectivity index (χ1) is 6.52. The third-order valence-electron chi connectivity index (χ3n) is 1.66. The molecule has 0 aliphatic carbocycles. The van der Waals surface area contributed by atoms with E-state index in [2.05, 4.69) is 10.1 Å². The predicted octanol–water partition coefficient (Wildman–Crippen LogP) is 0.221. The van der Waals surface area contributed by atoms with Crippen molar-refractivity contribution in [2.24, 2.45) is 0 Å². The Morgan fingerprint density at radius 2 is 2.07 bits per heavy atom. The molecule has 0 radical (unpaired) electrons. The lowest BCUT2D eigenvalue weighted by Crippen LogP contribution is -2.48. The second-order valence-electron chi connectivity index (χ2n) is 2.62. The van der Waals surface area contributed by atoms with Gasteiger partial charge >= 0.3 is 12.1 Å². The molecule has 2 atom stereocenters. The quantitative estimate of drug-likeness (QED) is 0.670. The van der Waals surface area contributed by atoms with Gasteiger partial charge in [0.05, 0.1) is 12.7 Å². The van der Waals surface area contributed by atoms with Crippen molar-refractivity contribution < 1.29 is 24.2 Å². The number of carboxylic acid groups (broad SMARTS) is 1. The zero-order valence-electron chi connectivity index (χ0n) is 8.44. The highest BCUT2D eigenvalue weighted by Crippen LogP contribution is 1.98. The number of hydrogen-bond acceptors (Lipinski definition) is 4. The van der Waals surface area contributed by atoms with E-state index in [9.17, 15) is 9.59 Å². The minimum absolute atomic E-state index is 0.194. The molecule has 0 rings (SSSR count). The standard InChI is InChI=1S/C8H15NO5/c1-4-14-8(12)9-6(7(10)11)5(2)13-3/h5-6H,4H2,1-3H3,(H,9,12)(H,10,11). The molecule has 2 N–H and O–H groups in total. The zero-order valence-corrected chi connectivity index (χ0v) is 8.44. The molecule has 0 saturated heterocycles. The van der Waals surface area contributed by atoms with E-state index in [0.717, 1.165) is 0 Å². The van der Waals surface area contributed by atoms with Gasteiger partial charge < -0.3 is 19.9 Å². The van der Waals surface area contributed by atoms with Gasteiger partial charge in [0.1, 0.15) is 0 Å². The van der Waals surface area contributed by atoms with Crippen LogP contribution >= 0.6 is 0 Å². The molecule has 6 heteroatoms. The number of nitrogens with one attached hydrogen (secondary N) is 1. The molecule has 0 bridgehead atoms. The predicted molar refractivity (Wildman–Crippen MR) is 48.1 cm³/mol. The van der Waals surface area contributed by atoms with Gasteiger partial charge in [-0.3, -0.25) is 0 Å². The van der Waals surface area contributed by atoms with Crippen molar-refractivity contribution >= 4 is 12.1 Å². The molecule has 6 nitrogen and oxygen atoms in total. The second kappa shape index (κ2) is 6.20. The third kappa shape index (κ3) is 4.08. The molecule has 14 heavy (non-hydrogen) atoms. The van der Waals surface area contributed by atoms with E-state index in [-0.39, 0.29) is 6.61 Å². The Hall–Kier alpha value is -1.30. The second-order valence-corrected chi connectivity index (χ2v) is 2.62. The average molecular weight is 205 g/mol. The molecular weight excluding hydrogens is 190 g/mol. The lowest BCUT2D eigenvalue weighted by Gasteiger charge is -2.19. The smallest absolute Gasteiger partial charge is 0.407 e. The van der Waals surface area contributed by atoms with Crippen LogP contribution in [-0.4, -0.2) is 43.0 Å². The summed E-state index contributed by atoms with van der Waals surface area (Å²) in [6.45, 7) is 3.37. The largest absolute Gasteiger partial charge is 0.480 e. The van der Waals surface area contributed by atoms with Gasteiger partial charge in [-0.05, 0) is 13.8 Å². The minimum atomic E-state index is -1.16. The van der Waals surface area contributed by atoms with E-state index >= 15 is 0 Å². The van der Waals surface area contributed by atoms with Gasteiger partial charge in [0.2, 0.25) is 0 Å². The molecule has 0 aromatic rings. The van der Waals surface area contributed by atoms with Crippen LogP contribution < -0.4 is 5.32 Å². The van der Waals surface area contributed by atoms with Gasteiger partial charge in [-0.15, -0.1) is 0 Å². The summed E-state index contributed by atoms with van der Waals surface area (Å²) in [4.78, 5) is 21.6. The number of ether oxygens (including phenoxy) is 2. The summed E-state index contributed by atoms with van der Waals surface area (Å²) in [5.41, 5.74) is 0. The van der Waals surface area contributed by atoms with Crippen LogP contribution in [0.25, 0.3) is 0 Å². The highest BCUT2D eigenvalue weighted by Gasteiger charge is 2.26. The molecule has 0 spiro atoms. The Morgan fingerprint density at radius 1 is 1.50 bits per heavy atom. The SMILES string of the molecule is CCOC(=O)NC(C(=O)O)C(C)OC. The van der Waals surface area contributed by atoms with Crippen LogP contribution in [0.15, 0.2) is 0 Å². The number of alkyl carbamates (subject to hydrolysis) is 1. The van der Waals surface area contributed by atoms with Crippen LogP contribution in [0.3, 0.4) is 0 Å². The average Bonchev–Trinajstić information content (AvgIpc) is 2.13. The van der Waals surface area contributed by atoms with Crippen molar-refractivity contribution in [1.29, 1.82) is 0 Å². The first kappa shape index (κ1) is 12.7. The lowest BCUT2D eigenvalue weighted by atomic mass is 10.2. The molecule has 0 saturated carbocycles. The maximum Gasteiger partial charge on any atom is 0.407 e. The summed E-state index contributed by atoms with van der Waals surface area (Å²) in [6.07, 6.45) is -1.37. The molecule has 0 aliphatic heterocycles. The number of rotatable bonds is 5. The Balaban J connectivity index is 4.23. The van der Waals surface area contributed by atoms with E-state index in [0.29, 0.717) is 0 Å². The molecule has 0 aromatic carbocycles. The van der Waals surface area contributed by atoms with Crippen LogP contribution in [0, 0.1) is 0 Å². The van der Waals surface area contributed by atoms with E-state index in [1.807, 2.05) is 0 Å². The van der Waals surface area contributed by atoms with Gasteiger partial charge in [0.15, 0.2) is 6.04 Å². The van der Waals surface area contributed by atoms with Crippen LogP contribution in [0.5, 0.6) is 0 Å². The first-order valence-electron chi connectivity index (χ1n) is 4.21. The van der Waals surface area contributed by atoms with Crippen LogP contribution in [0.4, 0.5) is 4.79 Å². The van der Waals surface area contributed by atoms with Crippen LogP contribution in [-0.2, 0) is 14.3 Å². The molecule has 2 unspecified atom stereocenters. The number of carbonyl (C=O) groups excluding carboxylic acids is 1. The monoisotopic (exact) mass is 205 g/mol. The molecule has 0 fully saturated rings. The van der Waals surface area contributed by atoms with Crippen molar-refractivity contribution in [3.63, 3.8) is 0 Å². The Kier molecular flexibility index (Phi) is 5.62. The van der Waals surface area contributed by atoms with Gasteiger partial charge in [-0.2, -0.15) is 0 Å². The fraction of sp³-hybridized carbons (Fsp3) is 0.750. The number of carbonyl (C=O) groups is 2. The first-order valence-corrected chi connectivity index (χ1v) is 4.21. The summed E-state index contributed by atoms with van der Waals surface area (Å²) < 4.78 is 9.35.